The summed E-state index contributed by atoms with van der Waals surface area (Å²) in [4.78, 5) is 16.7. The van der Waals surface area contributed by atoms with Gasteiger partial charge in [-0.25, -0.2) is 0 Å². The highest BCUT2D eigenvalue weighted by atomic mass is 16.5. The Hall–Kier alpha value is -1.47. The predicted octanol–water partition coefficient (Wildman–Crippen LogP) is 2.25. The largest absolute Gasteiger partial charge is 0.421 e. The lowest BCUT2D eigenvalue weighted by Crippen LogP contribution is -2.44. The SMILES string of the molecule is COCc1nnc(C2CC3(CCN(C(=O)CC(C)C)CC3)CN2C)o1. The maximum atomic E-state index is 12.3. The van der Waals surface area contributed by atoms with Crippen molar-refractivity contribution < 1.29 is 13.9 Å². The molecule has 140 valence electrons. The Labute approximate surface area is 149 Å². The van der Waals surface area contributed by atoms with Gasteiger partial charge in [-0.2, -0.15) is 0 Å². The smallest absolute Gasteiger partial charge is 0.242 e. The van der Waals surface area contributed by atoms with E-state index in [-0.39, 0.29) is 11.5 Å². The van der Waals surface area contributed by atoms with Crippen LogP contribution in [0.2, 0.25) is 0 Å². The Morgan fingerprint density at radius 2 is 2.08 bits per heavy atom. The van der Waals surface area contributed by atoms with Gasteiger partial charge < -0.3 is 14.1 Å². The number of nitrogens with zero attached hydrogens (tertiary/aromatic N) is 4. The molecule has 3 rings (SSSR count). The van der Waals surface area contributed by atoms with Gasteiger partial charge in [-0.1, -0.05) is 13.8 Å². The molecule has 1 aromatic heterocycles. The van der Waals surface area contributed by atoms with Crippen LogP contribution in [0, 0.1) is 11.3 Å². The van der Waals surface area contributed by atoms with Crippen molar-refractivity contribution in [1.82, 2.24) is 20.0 Å². The van der Waals surface area contributed by atoms with Crippen molar-refractivity contribution in [2.24, 2.45) is 11.3 Å². The van der Waals surface area contributed by atoms with Crippen LogP contribution in [0.15, 0.2) is 4.42 Å². The third-order valence-electron chi connectivity index (χ3n) is 5.54. The van der Waals surface area contributed by atoms with Gasteiger partial charge >= 0.3 is 0 Å². The minimum Gasteiger partial charge on any atom is -0.421 e. The van der Waals surface area contributed by atoms with E-state index in [9.17, 15) is 4.79 Å². The molecule has 0 radical (unpaired) electrons. The highest BCUT2D eigenvalue weighted by Crippen LogP contribution is 2.48. The van der Waals surface area contributed by atoms with E-state index in [0.717, 1.165) is 38.9 Å². The van der Waals surface area contributed by atoms with Gasteiger partial charge in [-0.3, -0.25) is 9.69 Å². The van der Waals surface area contributed by atoms with E-state index in [2.05, 4.69) is 36.0 Å². The van der Waals surface area contributed by atoms with Gasteiger partial charge in [-0.05, 0) is 37.6 Å². The number of aromatic nitrogens is 2. The molecule has 2 aliphatic rings. The maximum Gasteiger partial charge on any atom is 0.242 e. The van der Waals surface area contributed by atoms with Crippen molar-refractivity contribution >= 4 is 5.91 Å². The Morgan fingerprint density at radius 3 is 2.72 bits per heavy atom. The zero-order chi connectivity index (χ0) is 18.0. The zero-order valence-electron chi connectivity index (χ0n) is 15.8. The van der Waals surface area contributed by atoms with Crippen molar-refractivity contribution in [3.05, 3.63) is 11.8 Å². The standard InChI is InChI=1S/C18H30N4O3/c1-13(2)9-16(23)22-7-5-18(6-8-22)10-14(21(3)12-18)17-20-19-15(25-17)11-24-4/h13-14H,5-12H2,1-4H3. The summed E-state index contributed by atoms with van der Waals surface area (Å²) in [5.74, 6) is 1.93. The van der Waals surface area contributed by atoms with Crippen LogP contribution >= 0.6 is 0 Å². The lowest BCUT2D eigenvalue weighted by atomic mass is 9.76. The van der Waals surface area contributed by atoms with E-state index in [1.54, 1.807) is 7.11 Å². The van der Waals surface area contributed by atoms with E-state index in [0.29, 0.717) is 36.6 Å². The van der Waals surface area contributed by atoms with Crippen molar-refractivity contribution in [2.75, 3.05) is 33.8 Å². The van der Waals surface area contributed by atoms with Gasteiger partial charge in [0.2, 0.25) is 17.7 Å². The second kappa shape index (κ2) is 7.41. The number of piperidine rings is 1. The first-order valence-corrected chi connectivity index (χ1v) is 9.22. The summed E-state index contributed by atoms with van der Waals surface area (Å²) in [6.45, 7) is 7.30. The van der Waals surface area contributed by atoms with Crippen LogP contribution < -0.4 is 0 Å². The minimum atomic E-state index is 0.163. The van der Waals surface area contributed by atoms with E-state index < -0.39 is 0 Å². The molecule has 0 bridgehead atoms. The molecule has 1 atom stereocenters. The molecule has 0 saturated carbocycles. The quantitative estimate of drug-likeness (QED) is 0.811. The molecule has 0 N–H and O–H groups in total. The first kappa shape index (κ1) is 18.3. The third kappa shape index (κ3) is 4.03. The molecule has 1 spiro atoms. The monoisotopic (exact) mass is 350 g/mol. The number of hydrogen-bond donors (Lipinski definition) is 0. The van der Waals surface area contributed by atoms with Gasteiger partial charge in [0.1, 0.15) is 6.61 Å². The molecule has 3 heterocycles. The van der Waals surface area contributed by atoms with Crippen molar-refractivity contribution in [3.63, 3.8) is 0 Å². The summed E-state index contributed by atoms with van der Waals surface area (Å²) in [7, 11) is 3.74. The van der Waals surface area contributed by atoms with Crippen LogP contribution in [0.1, 0.15) is 57.4 Å². The lowest BCUT2D eigenvalue weighted by Gasteiger charge is -2.39. The molecule has 2 saturated heterocycles. The number of likely N-dealkylation sites (tertiary alicyclic amines) is 2. The summed E-state index contributed by atoms with van der Waals surface area (Å²) < 4.78 is 10.8. The fourth-order valence-electron chi connectivity index (χ4n) is 4.20. The molecule has 25 heavy (non-hydrogen) atoms. The summed E-state index contributed by atoms with van der Waals surface area (Å²) in [6.07, 6.45) is 3.78. The molecule has 0 aliphatic carbocycles. The van der Waals surface area contributed by atoms with Crippen molar-refractivity contribution in [1.29, 1.82) is 0 Å². The summed E-state index contributed by atoms with van der Waals surface area (Å²) >= 11 is 0. The molecule has 1 unspecified atom stereocenters. The number of carbonyl (C=O) groups is 1. The Bertz CT molecular complexity index is 593. The van der Waals surface area contributed by atoms with Crippen LogP contribution in [0.25, 0.3) is 0 Å². The zero-order valence-corrected chi connectivity index (χ0v) is 15.8. The number of ether oxygens (including phenoxy) is 1. The van der Waals surface area contributed by atoms with E-state index >= 15 is 0 Å². The summed E-state index contributed by atoms with van der Waals surface area (Å²) in [6, 6.07) is 0.163. The molecule has 7 nitrogen and oxygen atoms in total. The fourth-order valence-corrected chi connectivity index (χ4v) is 4.20. The van der Waals surface area contributed by atoms with Gasteiger partial charge in [0.05, 0.1) is 6.04 Å². The average Bonchev–Trinajstić information content (AvgIpc) is 3.13. The van der Waals surface area contributed by atoms with Gasteiger partial charge in [0.25, 0.3) is 0 Å². The van der Waals surface area contributed by atoms with Crippen LogP contribution in [0.3, 0.4) is 0 Å². The highest BCUT2D eigenvalue weighted by molar-refractivity contribution is 5.76. The number of hydrogen-bond acceptors (Lipinski definition) is 6. The highest BCUT2D eigenvalue weighted by Gasteiger charge is 2.46. The predicted molar refractivity (Wildman–Crippen MR) is 92.7 cm³/mol. The van der Waals surface area contributed by atoms with Gasteiger partial charge in [0.15, 0.2) is 0 Å². The first-order valence-electron chi connectivity index (χ1n) is 9.22. The minimum absolute atomic E-state index is 0.163. The summed E-state index contributed by atoms with van der Waals surface area (Å²) in [5, 5.41) is 8.28. The van der Waals surface area contributed by atoms with Crippen LogP contribution in [0.5, 0.6) is 0 Å². The second-order valence-electron chi connectivity index (χ2n) is 8.08. The van der Waals surface area contributed by atoms with E-state index in [1.165, 1.54) is 0 Å². The normalized spacial score (nSPS) is 23.7. The number of amides is 1. The lowest BCUT2D eigenvalue weighted by molar-refractivity contribution is -0.134. The first-order chi connectivity index (χ1) is 11.9. The maximum absolute atomic E-state index is 12.3. The van der Waals surface area contributed by atoms with Crippen LogP contribution in [-0.2, 0) is 16.1 Å². The molecular weight excluding hydrogens is 320 g/mol. The van der Waals surface area contributed by atoms with E-state index in [4.69, 9.17) is 9.15 Å². The van der Waals surface area contributed by atoms with E-state index in [1.807, 2.05) is 4.90 Å². The Kier molecular flexibility index (Phi) is 5.43. The third-order valence-corrected chi connectivity index (χ3v) is 5.54. The van der Waals surface area contributed by atoms with Crippen molar-refractivity contribution in [3.8, 4) is 0 Å². The van der Waals surface area contributed by atoms with Crippen molar-refractivity contribution in [2.45, 2.75) is 52.2 Å². The van der Waals surface area contributed by atoms with Gasteiger partial charge in [-0.15, -0.1) is 10.2 Å². The number of rotatable bonds is 5. The molecule has 0 aromatic carbocycles. The Morgan fingerprint density at radius 1 is 1.36 bits per heavy atom. The number of methoxy groups -OCH3 is 1. The molecular formula is C18H30N4O3. The molecule has 7 heteroatoms. The van der Waals surface area contributed by atoms with Crippen LogP contribution in [-0.4, -0.2) is 59.7 Å². The molecule has 2 fully saturated rings. The second-order valence-corrected chi connectivity index (χ2v) is 8.08. The van der Waals surface area contributed by atoms with Crippen LogP contribution in [0.4, 0.5) is 0 Å². The van der Waals surface area contributed by atoms with Gasteiger partial charge in [0, 0.05) is 33.2 Å². The fraction of sp³-hybridized carbons (Fsp3) is 0.833. The molecule has 1 amide bonds. The Balaban J connectivity index is 1.60. The average molecular weight is 350 g/mol. The number of carbonyl (C=O) groups excluding carboxylic acids is 1. The molecule has 1 aromatic rings. The topological polar surface area (TPSA) is 71.7 Å². The summed E-state index contributed by atoms with van der Waals surface area (Å²) in [5.41, 5.74) is 0.254. The molecule has 2 aliphatic heterocycles.